The highest BCUT2D eigenvalue weighted by Crippen LogP contribution is 2.14. The Balaban J connectivity index is 1.94. The molecule has 0 radical (unpaired) electrons. The second-order valence-electron chi connectivity index (χ2n) is 4.72. The van der Waals surface area contributed by atoms with E-state index in [0.717, 1.165) is 0 Å². The molecule has 0 aliphatic carbocycles. The third-order valence-corrected chi connectivity index (χ3v) is 4.25. The van der Waals surface area contributed by atoms with Crippen molar-refractivity contribution in [3.63, 3.8) is 0 Å². The topological polar surface area (TPSA) is 60.2 Å². The van der Waals surface area contributed by atoms with Crippen molar-refractivity contribution in [3.8, 4) is 6.07 Å². The second-order valence-corrected chi connectivity index (χ2v) is 5.72. The number of rotatable bonds is 4. The molecule has 0 atom stereocenters. The van der Waals surface area contributed by atoms with Crippen LogP contribution in [-0.2, 0) is 13.1 Å². The maximum atomic E-state index is 13.7. The van der Waals surface area contributed by atoms with E-state index in [2.05, 4.69) is 28.6 Å². The predicted octanol–water partition coefficient (Wildman–Crippen LogP) is 2.93. The molecule has 1 heterocycles. The van der Waals surface area contributed by atoms with Crippen molar-refractivity contribution < 1.29 is 4.39 Å². The molecule has 1 aromatic heterocycles. The fraction of sp³-hybridized carbons (Fsp3) is 0.250. The first-order valence-corrected chi connectivity index (χ1v) is 7.68. The Morgan fingerprint density at radius 2 is 2.09 bits per heavy atom. The van der Waals surface area contributed by atoms with Crippen LogP contribution in [0.15, 0.2) is 34.6 Å². The zero-order valence-electron chi connectivity index (χ0n) is 12.5. The van der Waals surface area contributed by atoms with Crippen molar-refractivity contribution in [1.82, 2.24) is 10.6 Å². The standard InChI is InChI=1S/C16H17FN4S/c1-11-5-6-22-15(11)10-21-16(19-2)20-9-13-7-12(8-18)3-4-14(13)17/h3-7H,9-10H2,1-2H3,(H2,19,20,21). The highest BCUT2D eigenvalue weighted by molar-refractivity contribution is 7.10. The smallest absolute Gasteiger partial charge is 0.191 e. The fourth-order valence-corrected chi connectivity index (χ4v) is 2.77. The monoisotopic (exact) mass is 316 g/mol. The highest BCUT2D eigenvalue weighted by Gasteiger charge is 2.06. The van der Waals surface area contributed by atoms with Gasteiger partial charge in [0.2, 0.25) is 0 Å². The van der Waals surface area contributed by atoms with Gasteiger partial charge in [-0.25, -0.2) is 4.39 Å². The molecule has 0 saturated heterocycles. The van der Waals surface area contributed by atoms with Crippen LogP contribution < -0.4 is 10.6 Å². The Hall–Kier alpha value is -2.39. The maximum absolute atomic E-state index is 13.7. The SMILES string of the molecule is CN=C(NCc1cc(C#N)ccc1F)NCc1sccc1C. The lowest BCUT2D eigenvalue weighted by Crippen LogP contribution is -2.36. The van der Waals surface area contributed by atoms with Crippen LogP contribution in [0.2, 0.25) is 0 Å². The first kappa shape index (κ1) is 16.0. The third-order valence-electron chi connectivity index (χ3n) is 3.23. The van der Waals surface area contributed by atoms with Crippen LogP contribution in [0.5, 0.6) is 0 Å². The van der Waals surface area contributed by atoms with E-state index >= 15 is 0 Å². The Morgan fingerprint density at radius 1 is 1.32 bits per heavy atom. The lowest BCUT2D eigenvalue weighted by atomic mass is 10.1. The van der Waals surface area contributed by atoms with E-state index < -0.39 is 0 Å². The molecule has 0 unspecified atom stereocenters. The van der Waals surface area contributed by atoms with Gasteiger partial charge < -0.3 is 10.6 Å². The molecule has 22 heavy (non-hydrogen) atoms. The largest absolute Gasteiger partial charge is 0.352 e. The van der Waals surface area contributed by atoms with Gasteiger partial charge in [-0.15, -0.1) is 11.3 Å². The van der Waals surface area contributed by atoms with Gasteiger partial charge in [0.25, 0.3) is 0 Å². The van der Waals surface area contributed by atoms with E-state index in [0.29, 0.717) is 23.6 Å². The van der Waals surface area contributed by atoms with Crippen LogP contribution in [0.3, 0.4) is 0 Å². The summed E-state index contributed by atoms with van der Waals surface area (Å²) < 4.78 is 13.7. The van der Waals surface area contributed by atoms with Gasteiger partial charge in [0.1, 0.15) is 5.82 Å². The van der Waals surface area contributed by atoms with Gasteiger partial charge in [0.15, 0.2) is 5.96 Å². The number of aryl methyl sites for hydroxylation is 1. The number of hydrogen-bond acceptors (Lipinski definition) is 3. The maximum Gasteiger partial charge on any atom is 0.191 e. The number of hydrogen-bond donors (Lipinski definition) is 2. The van der Waals surface area contributed by atoms with Crippen LogP contribution in [0.4, 0.5) is 4.39 Å². The molecule has 0 saturated carbocycles. The Morgan fingerprint density at radius 3 is 2.73 bits per heavy atom. The number of aliphatic imine (C=N–C) groups is 1. The number of benzene rings is 1. The van der Waals surface area contributed by atoms with Crippen molar-refractivity contribution in [1.29, 1.82) is 5.26 Å². The molecule has 0 aliphatic rings. The van der Waals surface area contributed by atoms with Crippen LogP contribution in [0.1, 0.15) is 21.6 Å². The van der Waals surface area contributed by atoms with Gasteiger partial charge in [-0.3, -0.25) is 4.99 Å². The van der Waals surface area contributed by atoms with E-state index in [1.807, 2.05) is 11.4 Å². The van der Waals surface area contributed by atoms with E-state index in [4.69, 9.17) is 5.26 Å². The second kappa shape index (κ2) is 7.57. The van der Waals surface area contributed by atoms with Gasteiger partial charge in [-0.1, -0.05) is 0 Å². The molecule has 0 bridgehead atoms. The van der Waals surface area contributed by atoms with E-state index in [1.165, 1.54) is 22.6 Å². The van der Waals surface area contributed by atoms with Crippen molar-refractivity contribution in [2.75, 3.05) is 7.05 Å². The Kier molecular flexibility index (Phi) is 5.50. The molecular weight excluding hydrogens is 299 g/mol. The number of guanidine groups is 1. The number of nitrogens with one attached hydrogen (secondary N) is 2. The van der Waals surface area contributed by atoms with Crippen LogP contribution >= 0.6 is 11.3 Å². The summed E-state index contributed by atoms with van der Waals surface area (Å²) in [6.07, 6.45) is 0. The first-order valence-electron chi connectivity index (χ1n) is 6.80. The summed E-state index contributed by atoms with van der Waals surface area (Å²) in [4.78, 5) is 5.35. The zero-order chi connectivity index (χ0) is 15.9. The Bertz CT molecular complexity index is 715. The lowest BCUT2D eigenvalue weighted by Gasteiger charge is -2.12. The first-order chi connectivity index (χ1) is 10.6. The zero-order valence-corrected chi connectivity index (χ0v) is 13.3. The normalized spacial score (nSPS) is 11.1. The minimum absolute atomic E-state index is 0.268. The average molecular weight is 316 g/mol. The number of nitriles is 1. The van der Waals surface area contributed by atoms with Crippen molar-refractivity contribution >= 4 is 17.3 Å². The molecule has 0 spiro atoms. The highest BCUT2D eigenvalue weighted by atomic mass is 32.1. The van der Waals surface area contributed by atoms with E-state index in [-0.39, 0.29) is 12.4 Å². The number of thiophene rings is 1. The molecule has 2 aromatic rings. The van der Waals surface area contributed by atoms with Crippen molar-refractivity contribution in [3.05, 3.63) is 57.0 Å². The van der Waals surface area contributed by atoms with Gasteiger partial charge >= 0.3 is 0 Å². The summed E-state index contributed by atoms with van der Waals surface area (Å²) >= 11 is 1.68. The summed E-state index contributed by atoms with van der Waals surface area (Å²) in [5.74, 6) is 0.255. The summed E-state index contributed by atoms with van der Waals surface area (Å²) in [6.45, 7) is 3.00. The molecule has 2 N–H and O–H groups in total. The minimum atomic E-state index is -0.337. The Labute approximate surface area is 133 Å². The number of nitrogens with zero attached hydrogens (tertiary/aromatic N) is 2. The van der Waals surface area contributed by atoms with E-state index in [9.17, 15) is 4.39 Å². The summed E-state index contributed by atoms with van der Waals surface area (Å²) in [5.41, 5.74) is 2.12. The van der Waals surface area contributed by atoms with Gasteiger partial charge in [0.05, 0.1) is 18.2 Å². The molecule has 4 nitrogen and oxygen atoms in total. The summed E-state index contributed by atoms with van der Waals surface area (Å²) in [5, 5.41) is 17.2. The van der Waals surface area contributed by atoms with Crippen LogP contribution in [0, 0.1) is 24.1 Å². The van der Waals surface area contributed by atoms with Gasteiger partial charge in [0, 0.05) is 24.0 Å². The molecule has 1 aromatic carbocycles. The molecular formula is C16H17FN4S. The predicted molar refractivity (Wildman–Crippen MR) is 87.2 cm³/mol. The van der Waals surface area contributed by atoms with Gasteiger partial charge in [-0.05, 0) is 42.1 Å². The molecule has 114 valence electrons. The number of halogens is 1. The van der Waals surface area contributed by atoms with Gasteiger partial charge in [-0.2, -0.15) is 5.26 Å². The average Bonchev–Trinajstić information content (AvgIpc) is 2.94. The third kappa shape index (κ3) is 4.06. The molecule has 0 aliphatic heterocycles. The van der Waals surface area contributed by atoms with Crippen LogP contribution in [-0.4, -0.2) is 13.0 Å². The molecule has 2 rings (SSSR count). The molecule has 0 amide bonds. The summed E-state index contributed by atoms with van der Waals surface area (Å²) in [6, 6.07) is 8.39. The molecule has 6 heteroatoms. The lowest BCUT2D eigenvalue weighted by molar-refractivity contribution is 0.604. The van der Waals surface area contributed by atoms with Crippen molar-refractivity contribution in [2.45, 2.75) is 20.0 Å². The quantitative estimate of drug-likeness (QED) is 0.673. The van der Waals surface area contributed by atoms with Crippen molar-refractivity contribution in [2.24, 2.45) is 4.99 Å². The van der Waals surface area contributed by atoms with E-state index in [1.54, 1.807) is 24.5 Å². The van der Waals surface area contributed by atoms with Crippen LogP contribution in [0.25, 0.3) is 0 Å². The fourth-order valence-electron chi connectivity index (χ4n) is 1.93. The minimum Gasteiger partial charge on any atom is -0.352 e. The summed E-state index contributed by atoms with van der Waals surface area (Å²) in [7, 11) is 1.67. The molecule has 0 fully saturated rings.